The van der Waals surface area contributed by atoms with Gasteiger partial charge in [0.15, 0.2) is 6.29 Å². The first-order valence-corrected chi connectivity index (χ1v) is 17.2. The highest BCUT2D eigenvalue weighted by molar-refractivity contribution is 5.33. The number of nitrogens with zero attached hydrogens (tertiary/aromatic N) is 1. The minimum atomic E-state index is -1.24. The molecule has 7 aliphatic rings. The minimum Gasteiger partial charge on any atom is -0.390 e. The zero-order valence-electron chi connectivity index (χ0n) is 27.6. The third-order valence-electron chi connectivity index (χ3n) is 15.4. The standard InChI is InChI=1S/C35H59NO6/c1-20-17-21(28(37)31(4,5)39)41-27-26(20)32(6)13-14-35-19-34(35)12-11-24(42-25-18-36(8)15-16-40-25)30(2,3)22(34)9-10-23(35)33(32,7)29(27)38/h20-29,37-39H,9-19H2,1-8H3/t20-,21?,22+,23?,24?,25+,26+,27?,28+,29+,32-,33-,34-,35+/m1/s1. The highest BCUT2D eigenvalue weighted by Crippen LogP contribution is 2.89. The van der Waals surface area contributed by atoms with E-state index in [1.54, 1.807) is 13.8 Å². The number of aliphatic hydroxyl groups excluding tert-OH is 2. The molecular weight excluding hydrogens is 530 g/mol. The van der Waals surface area contributed by atoms with Crippen LogP contribution in [0.3, 0.4) is 0 Å². The summed E-state index contributed by atoms with van der Waals surface area (Å²) in [6, 6.07) is 0. The van der Waals surface area contributed by atoms with E-state index in [9.17, 15) is 15.3 Å². The third-order valence-corrected chi connectivity index (χ3v) is 15.4. The maximum absolute atomic E-state index is 12.4. The smallest absolute Gasteiger partial charge is 0.170 e. The van der Waals surface area contributed by atoms with Crippen LogP contribution in [-0.2, 0) is 14.2 Å². The molecule has 3 N–H and O–H groups in total. The van der Waals surface area contributed by atoms with Gasteiger partial charge in [0, 0.05) is 18.5 Å². The molecule has 0 bridgehead atoms. The molecule has 7 nitrogen and oxygen atoms in total. The van der Waals surface area contributed by atoms with Gasteiger partial charge >= 0.3 is 0 Å². The topological polar surface area (TPSA) is 91.6 Å². The van der Waals surface area contributed by atoms with Crippen molar-refractivity contribution in [2.24, 2.45) is 50.7 Å². The van der Waals surface area contributed by atoms with Crippen LogP contribution in [-0.4, -0.2) is 89.4 Å². The van der Waals surface area contributed by atoms with E-state index in [4.69, 9.17) is 14.2 Å². The van der Waals surface area contributed by atoms with Crippen LogP contribution in [0.15, 0.2) is 0 Å². The summed E-state index contributed by atoms with van der Waals surface area (Å²) in [6.07, 6.45) is 6.95. The molecule has 7 fully saturated rings. The van der Waals surface area contributed by atoms with Crippen LogP contribution in [0.1, 0.15) is 99.8 Å². The van der Waals surface area contributed by atoms with Crippen LogP contribution in [0.4, 0.5) is 0 Å². The van der Waals surface area contributed by atoms with Gasteiger partial charge in [-0.1, -0.05) is 34.6 Å². The van der Waals surface area contributed by atoms with Crippen molar-refractivity contribution in [2.45, 2.75) is 142 Å². The fourth-order valence-corrected chi connectivity index (χ4v) is 13.2. The summed E-state index contributed by atoms with van der Waals surface area (Å²) in [6.45, 7) is 18.0. The summed E-state index contributed by atoms with van der Waals surface area (Å²) < 4.78 is 19.5. The third kappa shape index (κ3) is 3.77. The number of fused-ring (bicyclic) bond motifs is 4. The van der Waals surface area contributed by atoms with E-state index in [1.165, 1.54) is 25.7 Å². The SMILES string of the molecule is C[C@@H]1CC([C@H](O)C(C)(C)O)OC2[C@H]1[C@@]1(C)CC[C@@]34C[C@@]35CCC(O[C@H]3CN(C)CCO3)C(C)(C)[C@@H]5CCC4[C@]1(C)[C@H]2O. The van der Waals surface area contributed by atoms with Crippen molar-refractivity contribution < 1.29 is 29.5 Å². The molecule has 2 heterocycles. The predicted molar refractivity (Wildman–Crippen MR) is 161 cm³/mol. The molecule has 2 aliphatic heterocycles. The highest BCUT2D eigenvalue weighted by Gasteiger charge is 2.84. The van der Waals surface area contributed by atoms with Gasteiger partial charge in [-0.05, 0) is 118 Å². The molecule has 4 unspecified atom stereocenters. The molecule has 0 amide bonds. The van der Waals surface area contributed by atoms with Gasteiger partial charge in [-0.25, -0.2) is 0 Å². The van der Waals surface area contributed by atoms with Crippen LogP contribution >= 0.6 is 0 Å². The molecule has 0 aromatic carbocycles. The van der Waals surface area contributed by atoms with Gasteiger partial charge in [0.2, 0.25) is 0 Å². The zero-order chi connectivity index (χ0) is 30.3. The number of ether oxygens (including phenoxy) is 3. The van der Waals surface area contributed by atoms with Crippen molar-refractivity contribution in [1.29, 1.82) is 0 Å². The monoisotopic (exact) mass is 589 g/mol. The molecule has 0 aromatic rings. The lowest BCUT2D eigenvalue weighted by Gasteiger charge is -2.64. The fourth-order valence-electron chi connectivity index (χ4n) is 13.2. The van der Waals surface area contributed by atoms with Crippen LogP contribution in [0.25, 0.3) is 0 Å². The lowest BCUT2D eigenvalue weighted by Crippen LogP contribution is -2.60. The Morgan fingerprint density at radius 1 is 1.00 bits per heavy atom. The van der Waals surface area contributed by atoms with Gasteiger partial charge in [0.05, 0.1) is 36.6 Å². The molecule has 2 saturated heterocycles. The second-order valence-electron chi connectivity index (χ2n) is 17.8. The molecule has 7 heteroatoms. The Morgan fingerprint density at radius 2 is 1.69 bits per heavy atom. The van der Waals surface area contributed by atoms with Gasteiger partial charge in [-0.3, -0.25) is 4.90 Å². The molecule has 240 valence electrons. The molecular formula is C35H59NO6. The van der Waals surface area contributed by atoms with Crippen molar-refractivity contribution in [2.75, 3.05) is 26.7 Å². The van der Waals surface area contributed by atoms with E-state index >= 15 is 0 Å². The molecule has 0 aromatic heterocycles. The zero-order valence-corrected chi connectivity index (χ0v) is 27.6. The predicted octanol–water partition coefficient (Wildman–Crippen LogP) is 4.60. The number of likely N-dealkylation sites (N-methyl/N-ethyl adjacent to an activating group) is 1. The molecule has 5 aliphatic carbocycles. The number of aliphatic hydroxyl groups is 3. The first kappa shape index (κ1) is 30.4. The van der Waals surface area contributed by atoms with Crippen molar-refractivity contribution in [3.8, 4) is 0 Å². The van der Waals surface area contributed by atoms with Gasteiger partial charge in [0.25, 0.3) is 0 Å². The minimum absolute atomic E-state index is 0.00608. The van der Waals surface area contributed by atoms with Crippen molar-refractivity contribution in [3.63, 3.8) is 0 Å². The quantitative estimate of drug-likeness (QED) is 0.441. The second-order valence-corrected chi connectivity index (χ2v) is 17.8. The highest BCUT2D eigenvalue weighted by atomic mass is 16.7. The number of rotatable bonds is 4. The Morgan fingerprint density at radius 3 is 2.38 bits per heavy atom. The molecule has 7 rings (SSSR count). The lowest BCUT2D eigenvalue weighted by atomic mass is 9.41. The van der Waals surface area contributed by atoms with Crippen LogP contribution < -0.4 is 0 Å². The molecule has 14 atom stereocenters. The van der Waals surface area contributed by atoms with Crippen LogP contribution in [0, 0.1) is 50.7 Å². The molecule has 0 radical (unpaired) electrons. The Bertz CT molecular complexity index is 1080. The van der Waals surface area contributed by atoms with Crippen molar-refractivity contribution in [3.05, 3.63) is 0 Å². The number of hydrogen-bond acceptors (Lipinski definition) is 7. The maximum atomic E-state index is 12.4. The Labute approximate surface area is 254 Å². The van der Waals surface area contributed by atoms with Crippen molar-refractivity contribution in [1.82, 2.24) is 4.90 Å². The summed E-state index contributed by atoms with van der Waals surface area (Å²) in [7, 11) is 2.15. The average molecular weight is 590 g/mol. The average Bonchev–Trinajstić information content (AvgIpc) is 3.54. The van der Waals surface area contributed by atoms with Gasteiger partial charge in [-0.15, -0.1) is 0 Å². The van der Waals surface area contributed by atoms with E-state index in [0.717, 1.165) is 45.4 Å². The summed E-state index contributed by atoms with van der Waals surface area (Å²) in [5, 5.41) is 34.0. The molecule has 2 spiro atoms. The van der Waals surface area contributed by atoms with Gasteiger partial charge in [0.1, 0.15) is 6.10 Å². The van der Waals surface area contributed by atoms with E-state index in [2.05, 4.69) is 46.6 Å². The Kier molecular flexibility index (Phi) is 6.79. The summed E-state index contributed by atoms with van der Waals surface area (Å²) in [5.74, 6) is 1.70. The first-order chi connectivity index (χ1) is 19.5. The summed E-state index contributed by atoms with van der Waals surface area (Å²) in [5.41, 5.74) is -0.721. The van der Waals surface area contributed by atoms with Gasteiger partial charge in [-0.2, -0.15) is 0 Å². The van der Waals surface area contributed by atoms with E-state index < -0.39 is 23.9 Å². The summed E-state index contributed by atoms with van der Waals surface area (Å²) >= 11 is 0. The van der Waals surface area contributed by atoms with Gasteiger partial charge < -0.3 is 29.5 Å². The van der Waals surface area contributed by atoms with Crippen LogP contribution in [0.5, 0.6) is 0 Å². The van der Waals surface area contributed by atoms with E-state index in [-0.39, 0.29) is 40.7 Å². The van der Waals surface area contributed by atoms with E-state index in [0.29, 0.717) is 28.6 Å². The number of hydrogen-bond donors (Lipinski definition) is 3. The van der Waals surface area contributed by atoms with E-state index in [1.807, 2.05) is 0 Å². The second kappa shape index (κ2) is 9.39. The first-order valence-electron chi connectivity index (χ1n) is 17.2. The van der Waals surface area contributed by atoms with Crippen LogP contribution in [0.2, 0.25) is 0 Å². The largest absolute Gasteiger partial charge is 0.390 e. The number of morpholine rings is 1. The Balaban J connectivity index is 1.15. The van der Waals surface area contributed by atoms with Crippen molar-refractivity contribution >= 4 is 0 Å². The molecule has 42 heavy (non-hydrogen) atoms. The normalized spacial score (nSPS) is 55.9. The lowest BCUT2D eigenvalue weighted by molar-refractivity contribution is -0.247. The maximum Gasteiger partial charge on any atom is 0.170 e. The Hall–Kier alpha value is -0.280. The summed E-state index contributed by atoms with van der Waals surface area (Å²) in [4.78, 5) is 2.31. The fraction of sp³-hybridized carbons (Fsp3) is 1.00. The molecule has 5 saturated carbocycles.